The molecular formula is C8H15ClO. The van der Waals surface area contributed by atoms with Crippen molar-refractivity contribution in [2.24, 2.45) is 0 Å². The minimum atomic E-state index is -0.313. The van der Waals surface area contributed by atoms with Gasteiger partial charge in [0.2, 0.25) is 0 Å². The smallest absolute Gasteiger partial charge is 0.0675 e. The zero-order valence-corrected chi connectivity index (χ0v) is 6.98. The minimum absolute atomic E-state index is 0.313. The molecule has 1 unspecified atom stereocenters. The first-order valence-corrected chi connectivity index (χ1v) is 4.19. The molecule has 0 aliphatic carbocycles. The third-order valence-electron chi connectivity index (χ3n) is 1.37. The number of alkyl halides is 1. The van der Waals surface area contributed by atoms with E-state index in [1.165, 1.54) is 0 Å². The molecule has 0 spiro atoms. The van der Waals surface area contributed by atoms with Crippen molar-refractivity contribution in [3.63, 3.8) is 0 Å². The lowest BCUT2D eigenvalue weighted by Crippen LogP contribution is -2.07. The maximum absolute atomic E-state index is 9.00. The van der Waals surface area contributed by atoms with Crippen LogP contribution in [0, 0.1) is 0 Å². The number of halogens is 1. The van der Waals surface area contributed by atoms with Crippen molar-refractivity contribution in [2.75, 3.05) is 5.88 Å². The van der Waals surface area contributed by atoms with E-state index in [0.29, 0.717) is 5.88 Å². The lowest BCUT2D eigenvalue weighted by atomic mass is 10.1. The molecule has 1 atom stereocenters. The van der Waals surface area contributed by atoms with Crippen molar-refractivity contribution >= 4 is 11.6 Å². The highest BCUT2D eigenvalue weighted by Crippen LogP contribution is 2.04. The number of hydrogen-bond donors (Lipinski definition) is 1. The molecule has 0 saturated heterocycles. The molecule has 0 amide bonds. The van der Waals surface area contributed by atoms with Crippen LogP contribution in [0.25, 0.3) is 0 Å². The summed E-state index contributed by atoms with van der Waals surface area (Å²) in [5.41, 5.74) is 0. The Labute approximate surface area is 67.7 Å². The summed E-state index contributed by atoms with van der Waals surface area (Å²) in [4.78, 5) is 0. The number of aliphatic hydroxyl groups excluding tert-OH is 1. The van der Waals surface area contributed by atoms with Crippen LogP contribution in [0.5, 0.6) is 0 Å². The fraction of sp³-hybridized carbons (Fsp3) is 0.750. The number of hydrogen-bond acceptors (Lipinski definition) is 1. The molecule has 0 fully saturated rings. The molecule has 0 saturated carbocycles. The first-order chi connectivity index (χ1) is 4.81. The predicted molar refractivity (Wildman–Crippen MR) is 45.4 cm³/mol. The van der Waals surface area contributed by atoms with Gasteiger partial charge in [-0.05, 0) is 19.3 Å². The van der Waals surface area contributed by atoms with Crippen LogP contribution in [0.3, 0.4) is 0 Å². The first kappa shape index (κ1) is 9.99. The van der Waals surface area contributed by atoms with Crippen LogP contribution in [0.15, 0.2) is 12.7 Å². The quantitative estimate of drug-likeness (QED) is 0.361. The Bertz CT molecular complexity index is 83.3. The molecule has 0 bridgehead atoms. The van der Waals surface area contributed by atoms with Crippen LogP contribution >= 0.6 is 11.6 Å². The lowest BCUT2D eigenvalue weighted by Gasteiger charge is -2.03. The van der Waals surface area contributed by atoms with Crippen molar-refractivity contribution in [3.8, 4) is 0 Å². The summed E-state index contributed by atoms with van der Waals surface area (Å²) in [5, 5.41) is 9.00. The van der Waals surface area contributed by atoms with Crippen LogP contribution in [0.2, 0.25) is 0 Å². The van der Waals surface area contributed by atoms with Crippen LogP contribution < -0.4 is 0 Å². The Hall–Kier alpha value is -0.0100. The molecule has 0 aliphatic heterocycles. The average Bonchev–Trinajstić information content (AvgIpc) is 1.98. The van der Waals surface area contributed by atoms with E-state index in [-0.39, 0.29) is 6.10 Å². The van der Waals surface area contributed by atoms with Gasteiger partial charge >= 0.3 is 0 Å². The summed E-state index contributed by atoms with van der Waals surface area (Å²) in [6, 6.07) is 0. The van der Waals surface area contributed by atoms with Gasteiger partial charge < -0.3 is 5.11 Å². The molecule has 1 nitrogen and oxygen atoms in total. The second-order valence-electron chi connectivity index (χ2n) is 2.38. The molecule has 0 rings (SSSR count). The molecule has 0 radical (unpaired) electrons. The SMILES string of the molecule is C=CCCCCC(O)CCl. The van der Waals surface area contributed by atoms with Crippen LogP contribution in [-0.4, -0.2) is 17.1 Å². The lowest BCUT2D eigenvalue weighted by molar-refractivity contribution is 0.184. The van der Waals surface area contributed by atoms with Gasteiger partial charge in [0.15, 0.2) is 0 Å². The van der Waals surface area contributed by atoms with Crippen molar-refractivity contribution in [1.82, 2.24) is 0 Å². The molecule has 10 heavy (non-hydrogen) atoms. The van der Waals surface area contributed by atoms with Crippen LogP contribution in [0.1, 0.15) is 25.7 Å². The van der Waals surface area contributed by atoms with Crippen LogP contribution in [-0.2, 0) is 0 Å². The monoisotopic (exact) mass is 162 g/mol. The normalized spacial score (nSPS) is 13.0. The summed E-state index contributed by atoms with van der Waals surface area (Å²) in [6.07, 6.45) is 5.59. The second kappa shape index (κ2) is 7.10. The highest BCUT2D eigenvalue weighted by molar-refractivity contribution is 6.18. The molecule has 1 N–H and O–H groups in total. The predicted octanol–water partition coefficient (Wildman–Crippen LogP) is 2.33. The Morgan fingerprint density at radius 1 is 1.50 bits per heavy atom. The topological polar surface area (TPSA) is 20.2 Å². The zero-order valence-electron chi connectivity index (χ0n) is 6.22. The van der Waals surface area contributed by atoms with Crippen molar-refractivity contribution in [2.45, 2.75) is 31.8 Å². The van der Waals surface area contributed by atoms with Gasteiger partial charge in [0.25, 0.3) is 0 Å². The Morgan fingerprint density at radius 2 is 2.20 bits per heavy atom. The standard InChI is InChI=1S/C8H15ClO/c1-2-3-4-5-6-8(10)7-9/h2,8,10H,1,3-7H2. The fourth-order valence-corrected chi connectivity index (χ4v) is 0.900. The molecule has 0 aromatic heterocycles. The summed E-state index contributed by atoms with van der Waals surface area (Å²) in [7, 11) is 0. The first-order valence-electron chi connectivity index (χ1n) is 3.66. The fourth-order valence-electron chi connectivity index (χ4n) is 0.746. The summed E-state index contributed by atoms with van der Waals surface area (Å²) in [5.74, 6) is 0.355. The van der Waals surface area contributed by atoms with Crippen molar-refractivity contribution < 1.29 is 5.11 Å². The Balaban J connectivity index is 2.95. The molecule has 0 aromatic rings. The van der Waals surface area contributed by atoms with E-state index in [1.807, 2.05) is 6.08 Å². The third kappa shape index (κ3) is 6.12. The van der Waals surface area contributed by atoms with Gasteiger partial charge in [-0.2, -0.15) is 0 Å². The number of unbranched alkanes of at least 4 members (excludes halogenated alkanes) is 2. The number of aliphatic hydroxyl groups is 1. The summed E-state index contributed by atoms with van der Waals surface area (Å²) >= 11 is 5.39. The number of allylic oxidation sites excluding steroid dienone is 1. The average molecular weight is 163 g/mol. The van der Waals surface area contributed by atoms with Gasteiger partial charge in [0.05, 0.1) is 6.10 Å². The Kier molecular flexibility index (Phi) is 7.09. The van der Waals surface area contributed by atoms with E-state index in [9.17, 15) is 0 Å². The van der Waals surface area contributed by atoms with Gasteiger partial charge in [0.1, 0.15) is 0 Å². The van der Waals surface area contributed by atoms with Crippen molar-refractivity contribution in [3.05, 3.63) is 12.7 Å². The molecule has 0 heterocycles. The minimum Gasteiger partial charge on any atom is -0.392 e. The van der Waals surface area contributed by atoms with Gasteiger partial charge in [-0.3, -0.25) is 0 Å². The molecule has 60 valence electrons. The molecule has 2 heteroatoms. The largest absolute Gasteiger partial charge is 0.392 e. The van der Waals surface area contributed by atoms with E-state index < -0.39 is 0 Å². The van der Waals surface area contributed by atoms with E-state index in [4.69, 9.17) is 16.7 Å². The van der Waals surface area contributed by atoms with Gasteiger partial charge in [-0.15, -0.1) is 18.2 Å². The molecule has 0 aromatic carbocycles. The van der Waals surface area contributed by atoms with E-state index in [2.05, 4.69) is 6.58 Å². The van der Waals surface area contributed by atoms with Gasteiger partial charge in [-0.1, -0.05) is 12.5 Å². The van der Waals surface area contributed by atoms with Gasteiger partial charge in [0, 0.05) is 5.88 Å². The maximum atomic E-state index is 9.00. The zero-order chi connectivity index (χ0) is 7.82. The van der Waals surface area contributed by atoms with E-state index in [1.54, 1.807) is 0 Å². The van der Waals surface area contributed by atoms with E-state index >= 15 is 0 Å². The maximum Gasteiger partial charge on any atom is 0.0675 e. The highest BCUT2D eigenvalue weighted by atomic mass is 35.5. The summed E-state index contributed by atoms with van der Waals surface area (Å²) < 4.78 is 0. The second-order valence-corrected chi connectivity index (χ2v) is 2.69. The van der Waals surface area contributed by atoms with Crippen molar-refractivity contribution in [1.29, 1.82) is 0 Å². The van der Waals surface area contributed by atoms with E-state index in [0.717, 1.165) is 25.7 Å². The molecule has 0 aliphatic rings. The van der Waals surface area contributed by atoms with Crippen LogP contribution in [0.4, 0.5) is 0 Å². The Morgan fingerprint density at radius 3 is 2.70 bits per heavy atom. The summed E-state index contributed by atoms with van der Waals surface area (Å²) in [6.45, 7) is 3.61. The highest BCUT2D eigenvalue weighted by Gasteiger charge is 1.99. The number of rotatable bonds is 6. The third-order valence-corrected chi connectivity index (χ3v) is 1.73. The van der Waals surface area contributed by atoms with Gasteiger partial charge in [-0.25, -0.2) is 0 Å². The molecular weight excluding hydrogens is 148 g/mol.